The second-order valence-electron chi connectivity index (χ2n) is 7.42. The molecule has 2 aliphatic heterocycles. The molecule has 132 valence electrons. The van der Waals surface area contributed by atoms with Crippen LogP contribution in [0.5, 0.6) is 0 Å². The van der Waals surface area contributed by atoms with E-state index in [0.29, 0.717) is 18.6 Å². The smallest absolute Gasteiger partial charge is 0.226 e. The highest BCUT2D eigenvalue weighted by molar-refractivity contribution is 5.79. The molecule has 3 aliphatic rings. The summed E-state index contributed by atoms with van der Waals surface area (Å²) in [6.45, 7) is 4.32. The number of rotatable bonds is 3. The first kappa shape index (κ1) is 16.2. The zero-order valence-electron chi connectivity index (χ0n) is 14.4. The van der Waals surface area contributed by atoms with Gasteiger partial charge in [0.25, 0.3) is 0 Å². The molecule has 3 heterocycles. The number of furan rings is 1. The lowest BCUT2D eigenvalue weighted by Crippen LogP contribution is -2.57. The summed E-state index contributed by atoms with van der Waals surface area (Å²) < 4.78 is 11.3. The molecule has 2 saturated heterocycles. The van der Waals surface area contributed by atoms with Gasteiger partial charge < -0.3 is 14.1 Å². The fourth-order valence-electron chi connectivity index (χ4n) is 4.57. The Bertz CT molecular complexity index is 535. The maximum Gasteiger partial charge on any atom is 0.226 e. The van der Waals surface area contributed by atoms with Crippen LogP contribution in [0.2, 0.25) is 0 Å². The minimum atomic E-state index is 0.193. The van der Waals surface area contributed by atoms with E-state index in [1.807, 2.05) is 12.1 Å². The molecule has 0 N–H and O–H groups in total. The predicted octanol–water partition coefficient (Wildman–Crippen LogP) is 2.66. The van der Waals surface area contributed by atoms with Crippen LogP contribution in [0.25, 0.3) is 0 Å². The van der Waals surface area contributed by atoms with E-state index in [1.54, 1.807) is 6.26 Å². The number of carbonyl (C=O) groups is 1. The van der Waals surface area contributed by atoms with Gasteiger partial charge in [-0.3, -0.25) is 9.69 Å². The third kappa shape index (κ3) is 3.38. The zero-order chi connectivity index (χ0) is 16.4. The highest BCUT2D eigenvalue weighted by atomic mass is 16.5. The topological polar surface area (TPSA) is 45.9 Å². The van der Waals surface area contributed by atoms with Crippen molar-refractivity contribution in [2.24, 2.45) is 5.92 Å². The van der Waals surface area contributed by atoms with Crippen molar-refractivity contribution in [2.75, 3.05) is 26.2 Å². The molecule has 1 aliphatic carbocycles. The molecule has 24 heavy (non-hydrogen) atoms. The number of hydrogen-bond donors (Lipinski definition) is 0. The number of amides is 1. The standard InChI is InChI=1S/C19H28N2O3/c22-19(21-11-13-24-18-6-2-1-5-17(18)21)15-7-9-20(10-8-15)14-16-4-3-12-23-16/h3-4,12,15,17-18H,1-2,5-11,13-14H2/t17-,18-/m1/s1. The first-order chi connectivity index (χ1) is 11.8. The molecule has 0 bridgehead atoms. The van der Waals surface area contributed by atoms with Crippen molar-refractivity contribution in [1.29, 1.82) is 0 Å². The highest BCUT2D eigenvalue weighted by Gasteiger charge is 2.39. The molecule has 4 rings (SSSR count). The largest absolute Gasteiger partial charge is 0.468 e. The number of morpholine rings is 1. The average molecular weight is 332 g/mol. The van der Waals surface area contributed by atoms with Crippen LogP contribution < -0.4 is 0 Å². The summed E-state index contributed by atoms with van der Waals surface area (Å²) in [5, 5.41) is 0. The SMILES string of the molecule is O=C(C1CCN(Cc2ccco2)CC1)N1CCO[C@@H]2CCCC[C@H]21. The number of nitrogens with zero attached hydrogens (tertiary/aromatic N) is 2. The molecule has 1 aromatic heterocycles. The molecule has 1 saturated carbocycles. The normalized spacial score (nSPS) is 29.4. The maximum atomic E-state index is 13.1. The van der Waals surface area contributed by atoms with E-state index in [-0.39, 0.29) is 12.0 Å². The van der Waals surface area contributed by atoms with E-state index in [4.69, 9.17) is 9.15 Å². The quantitative estimate of drug-likeness (QED) is 0.854. The van der Waals surface area contributed by atoms with Gasteiger partial charge in [0.1, 0.15) is 5.76 Å². The van der Waals surface area contributed by atoms with Crippen molar-refractivity contribution in [3.05, 3.63) is 24.2 Å². The molecule has 0 aromatic carbocycles. The van der Waals surface area contributed by atoms with Gasteiger partial charge in [-0.2, -0.15) is 0 Å². The van der Waals surface area contributed by atoms with Gasteiger partial charge in [-0.25, -0.2) is 0 Å². The Kier molecular flexibility index (Phi) is 4.90. The molecule has 2 atom stereocenters. The lowest BCUT2D eigenvalue weighted by molar-refractivity contribution is -0.155. The first-order valence-electron chi connectivity index (χ1n) is 9.48. The maximum absolute atomic E-state index is 13.1. The van der Waals surface area contributed by atoms with E-state index >= 15 is 0 Å². The molecule has 0 unspecified atom stereocenters. The molecule has 1 aromatic rings. The Balaban J connectivity index is 1.32. The second-order valence-corrected chi connectivity index (χ2v) is 7.42. The van der Waals surface area contributed by atoms with Crippen molar-refractivity contribution in [1.82, 2.24) is 9.80 Å². The van der Waals surface area contributed by atoms with Gasteiger partial charge in [-0.05, 0) is 50.9 Å². The van der Waals surface area contributed by atoms with Crippen molar-refractivity contribution in [3.8, 4) is 0 Å². The van der Waals surface area contributed by atoms with Crippen LogP contribution in [-0.2, 0) is 16.1 Å². The van der Waals surface area contributed by atoms with Gasteiger partial charge >= 0.3 is 0 Å². The minimum absolute atomic E-state index is 0.193. The molecule has 0 spiro atoms. The molecule has 3 fully saturated rings. The third-order valence-electron chi connectivity index (χ3n) is 5.91. The summed E-state index contributed by atoms with van der Waals surface area (Å²) in [5.74, 6) is 1.59. The van der Waals surface area contributed by atoms with Crippen LogP contribution in [0.15, 0.2) is 22.8 Å². The summed E-state index contributed by atoms with van der Waals surface area (Å²) in [6.07, 6.45) is 8.66. The zero-order valence-corrected chi connectivity index (χ0v) is 14.4. The van der Waals surface area contributed by atoms with Crippen LogP contribution in [0.1, 0.15) is 44.3 Å². The lowest BCUT2D eigenvalue weighted by atomic mass is 9.88. The summed E-state index contributed by atoms with van der Waals surface area (Å²) >= 11 is 0. The van der Waals surface area contributed by atoms with Crippen LogP contribution in [-0.4, -0.2) is 54.1 Å². The number of hydrogen-bond acceptors (Lipinski definition) is 4. The average Bonchev–Trinajstić information content (AvgIpc) is 3.14. The molecule has 5 heteroatoms. The Hall–Kier alpha value is -1.33. The molecule has 0 radical (unpaired) electrons. The van der Waals surface area contributed by atoms with Crippen molar-refractivity contribution in [3.63, 3.8) is 0 Å². The van der Waals surface area contributed by atoms with Gasteiger partial charge in [0.2, 0.25) is 5.91 Å². The van der Waals surface area contributed by atoms with Crippen molar-refractivity contribution >= 4 is 5.91 Å². The number of ether oxygens (including phenoxy) is 1. The van der Waals surface area contributed by atoms with E-state index in [9.17, 15) is 4.79 Å². The molecular weight excluding hydrogens is 304 g/mol. The lowest BCUT2D eigenvalue weighted by Gasteiger charge is -2.45. The summed E-state index contributed by atoms with van der Waals surface area (Å²) in [6, 6.07) is 4.29. The summed E-state index contributed by atoms with van der Waals surface area (Å²) in [5.41, 5.74) is 0. The first-order valence-corrected chi connectivity index (χ1v) is 9.48. The molecule has 5 nitrogen and oxygen atoms in total. The van der Waals surface area contributed by atoms with Crippen LogP contribution in [0.4, 0.5) is 0 Å². The highest BCUT2D eigenvalue weighted by Crippen LogP contribution is 2.31. The van der Waals surface area contributed by atoms with Crippen LogP contribution in [0, 0.1) is 5.92 Å². The fourth-order valence-corrected chi connectivity index (χ4v) is 4.57. The van der Waals surface area contributed by atoms with E-state index < -0.39 is 0 Å². The number of fused-ring (bicyclic) bond motifs is 1. The Labute approximate surface area is 143 Å². The predicted molar refractivity (Wildman–Crippen MR) is 90.4 cm³/mol. The van der Waals surface area contributed by atoms with Gasteiger partial charge in [-0.1, -0.05) is 12.8 Å². The number of likely N-dealkylation sites (tertiary alicyclic amines) is 1. The summed E-state index contributed by atoms with van der Waals surface area (Å²) in [7, 11) is 0. The number of carbonyl (C=O) groups excluding carboxylic acids is 1. The Morgan fingerprint density at radius 2 is 1.96 bits per heavy atom. The van der Waals surface area contributed by atoms with Gasteiger partial charge in [-0.15, -0.1) is 0 Å². The van der Waals surface area contributed by atoms with Crippen LogP contribution in [0.3, 0.4) is 0 Å². The van der Waals surface area contributed by atoms with Gasteiger partial charge in [0.05, 0.1) is 31.6 Å². The van der Waals surface area contributed by atoms with E-state index in [2.05, 4.69) is 9.80 Å². The molecule has 1 amide bonds. The Morgan fingerprint density at radius 3 is 2.75 bits per heavy atom. The van der Waals surface area contributed by atoms with Crippen molar-refractivity contribution in [2.45, 2.75) is 57.2 Å². The second kappa shape index (κ2) is 7.28. The van der Waals surface area contributed by atoms with Crippen LogP contribution >= 0.6 is 0 Å². The van der Waals surface area contributed by atoms with E-state index in [0.717, 1.165) is 57.6 Å². The number of piperidine rings is 1. The van der Waals surface area contributed by atoms with Gasteiger partial charge in [0.15, 0.2) is 0 Å². The van der Waals surface area contributed by atoms with Crippen molar-refractivity contribution < 1.29 is 13.9 Å². The van der Waals surface area contributed by atoms with E-state index in [1.165, 1.54) is 12.8 Å². The minimum Gasteiger partial charge on any atom is -0.468 e. The summed E-state index contributed by atoms with van der Waals surface area (Å²) in [4.78, 5) is 17.6. The monoisotopic (exact) mass is 332 g/mol. The third-order valence-corrected chi connectivity index (χ3v) is 5.91. The Morgan fingerprint density at radius 1 is 1.12 bits per heavy atom. The molecular formula is C19H28N2O3. The van der Waals surface area contributed by atoms with Gasteiger partial charge in [0, 0.05) is 12.5 Å². The fraction of sp³-hybridized carbons (Fsp3) is 0.737.